The molecule has 43 heavy (non-hydrogen) atoms. The van der Waals surface area contributed by atoms with Crippen molar-refractivity contribution in [1.29, 1.82) is 0 Å². The summed E-state index contributed by atoms with van der Waals surface area (Å²) in [7, 11) is 0. The molecule has 9 heteroatoms. The Morgan fingerprint density at radius 2 is 1.77 bits per heavy atom. The number of halogens is 1. The molecule has 216 valence electrons. The molecule has 3 aromatic carbocycles. The zero-order valence-corrected chi connectivity index (χ0v) is 25.9. The number of furan rings is 1. The number of carbonyl (C=O) groups excluding carboxylic acids is 1. The van der Waals surface area contributed by atoms with Gasteiger partial charge in [-0.2, -0.15) is 0 Å². The number of allylic oxidation sites excluding steroid dienone is 1. The van der Waals surface area contributed by atoms with Crippen LogP contribution in [0.1, 0.15) is 36.8 Å². The van der Waals surface area contributed by atoms with E-state index in [2.05, 4.69) is 20.9 Å². The lowest BCUT2D eigenvalue weighted by Gasteiger charge is -2.22. The number of thiazole rings is 1. The van der Waals surface area contributed by atoms with E-state index < -0.39 is 12.0 Å². The monoisotopic (exact) mass is 654 g/mol. The van der Waals surface area contributed by atoms with Crippen molar-refractivity contribution in [2.75, 3.05) is 6.61 Å². The van der Waals surface area contributed by atoms with Crippen molar-refractivity contribution in [2.24, 2.45) is 4.99 Å². The molecule has 0 amide bonds. The Bertz CT molecular complexity index is 1990. The van der Waals surface area contributed by atoms with Gasteiger partial charge in [0, 0.05) is 10.0 Å². The number of aromatic nitrogens is 1. The number of hydrogen-bond donors (Lipinski definition) is 0. The lowest BCUT2D eigenvalue weighted by Crippen LogP contribution is -2.39. The van der Waals surface area contributed by atoms with Crippen molar-refractivity contribution in [3.05, 3.63) is 143 Å². The van der Waals surface area contributed by atoms with E-state index in [-0.39, 0.29) is 17.7 Å². The predicted octanol–water partition coefficient (Wildman–Crippen LogP) is 6.40. The fourth-order valence-corrected chi connectivity index (χ4v) is 6.19. The summed E-state index contributed by atoms with van der Waals surface area (Å²) in [5, 5.41) is 0. The number of rotatable bonds is 8. The summed E-state index contributed by atoms with van der Waals surface area (Å²) in [6, 6.07) is 28.1. The van der Waals surface area contributed by atoms with Gasteiger partial charge < -0.3 is 13.9 Å². The van der Waals surface area contributed by atoms with Gasteiger partial charge in [0.25, 0.3) is 5.56 Å². The summed E-state index contributed by atoms with van der Waals surface area (Å²) in [5.41, 5.74) is 3.28. The van der Waals surface area contributed by atoms with E-state index in [4.69, 9.17) is 13.9 Å². The molecule has 3 heterocycles. The quantitative estimate of drug-likeness (QED) is 0.181. The smallest absolute Gasteiger partial charge is 0.338 e. The molecule has 0 N–H and O–H groups in total. The molecule has 5 aromatic rings. The van der Waals surface area contributed by atoms with Crippen LogP contribution < -0.4 is 19.6 Å². The molecule has 0 bridgehead atoms. The highest BCUT2D eigenvalue weighted by Crippen LogP contribution is 2.34. The first-order valence-electron chi connectivity index (χ1n) is 13.7. The molecule has 1 aliphatic rings. The number of ether oxygens (including phenoxy) is 2. The maximum Gasteiger partial charge on any atom is 0.338 e. The molecule has 2 aromatic heterocycles. The second-order valence-electron chi connectivity index (χ2n) is 9.85. The van der Waals surface area contributed by atoms with Crippen molar-refractivity contribution in [3.8, 4) is 17.1 Å². The molecular weight excluding hydrogens is 628 g/mol. The van der Waals surface area contributed by atoms with Gasteiger partial charge in [-0.05, 0) is 67.4 Å². The molecule has 1 aliphatic heterocycles. The Balaban J connectivity index is 1.36. The Morgan fingerprint density at radius 3 is 2.49 bits per heavy atom. The number of carbonyl (C=O) groups is 1. The fourth-order valence-electron chi connectivity index (χ4n) is 4.88. The van der Waals surface area contributed by atoms with Crippen molar-refractivity contribution in [3.63, 3.8) is 0 Å². The van der Waals surface area contributed by atoms with Crippen molar-refractivity contribution in [1.82, 2.24) is 4.57 Å². The Kier molecular flexibility index (Phi) is 8.26. The van der Waals surface area contributed by atoms with Crippen molar-refractivity contribution >= 4 is 39.3 Å². The third kappa shape index (κ3) is 6.04. The van der Waals surface area contributed by atoms with E-state index in [9.17, 15) is 9.59 Å². The average molecular weight is 656 g/mol. The first kappa shape index (κ1) is 28.6. The van der Waals surface area contributed by atoms with Crippen LogP contribution in [0.3, 0.4) is 0 Å². The number of benzene rings is 3. The van der Waals surface area contributed by atoms with Crippen molar-refractivity contribution < 1.29 is 18.7 Å². The van der Waals surface area contributed by atoms with E-state index in [1.807, 2.05) is 91.0 Å². The molecule has 7 nitrogen and oxygen atoms in total. The molecule has 0 radical (unpaired) electrons. The van der Waals surface area contributed by atoms with Crippen LogP contribution in [0.25, 0.3) is 17.4 Å². The number of esters is 1. The highest BCUT2D eigenvalue weighted by molar-refractivity contribution is 9.10. The largest absolute Gasteiger partial charge is 0.489 e. The van der Waals surface area contributed by atoms with Gasteiger partial charge in [0.15, 0.2) is 4.80 Å². The van der Waals surface area contributed by atoms with Crippen LogP contribution in [0.2, 0.25) is 0 Å². The minimum absolute atomic E-state index is 0.195. The van der Waals surface area contributed by atoms with Gasteiger partial charge in [0.1, 0.15) is 29.9 Å². The third-order valence-corrected chi connectivity index (χ3v) is 8.48. The Hall–Kier alpha value is -4.47. The molecule has 0 saturated heterocycles. The van der Waals surface area contributed by atoms with Crippen LogP contribution in [0, 0.1) is 0 Å². The van der Waals surface area contributed by atoms with E-state index in [0.717, 1.165) is 26.9 Å². The average Bonchev–Trinajstić information content (AvgIpc) is 3.62. The summed E-state index contributed by atoms with van der Waals surface area (Å²) < 4.78 is 20.5. The first-order valence-corrected chi connectivity index (χ1v) is 15.3. The maximum atomic E-state index is 13.9. The highest BCUT2D eigenvalue weighted by atomic mass is 79.9. The maximum absolute atomic E-state index is 13.9. The number of hydrogen-bond acceptors (Lipinski definition) is 7. The van der Waals surface area contributed by atoms with Crippen LogP contribution in [0.4, 0.5) is 0 Å². The third-order valence-electron chi connectivity index (χ3n) is 6.97. The second kappa shape index (κ2) is 12.4. The molecule has 1 atom stereocenters. The highest BCUT2D eigenvalue weighted by Gasteiger charge is 2.35. The molecular formula is C34H27BrN2O5S. The molecule has 0 unspecified atom stereocenters. The van der Waals surface area contributed by atoms with Crippen LogP contribution in [-0.2, 0) is 16.1 Å². The van der Waals surface area contributed by atoms with Gasteiger partial charge in [-0.1, -0.05) is 81.9 Å². The van der Waals surface area contributed by atoms with E-state index in [1.54, 1.807) is 19.9 Å². The Labute approximate surface area is 260 Å². The summed E-state index contributed by atoms with van der Waals surface area (Å²) in [6.45, 7) is 4.16. The van der Waals surface area contributed by atoms with Crippen LogP contribution in [0.15, 0.2) is 121 Å². The molecule has 0 spiro atoms. The van der Waals surface area contributed by atoms with Gasteiger partial charge in [0.2, 0.25) is 0 Å². The molecule has 0 fully saturated rings. The van der Waals surface area contributed by atoms with Crippen LogP contribution >= 0.6 is 27.3 Å². The van der Waals surface area contributed by atoms with Gasteiger partial charge in [-0.25, -0.2) is 9.79 Å². The lowest BCUT2D eigenvalue weighted by atomic mass is 10.0. The van der Waals surface area contributed by atoms with E-state index in [1.165, 1.54) is 15.9 Å². The second-order valence-corrected chi connectivity index (χ2v) is 11.8. The normalized spacial score (nSPS) is 14.8. The molecule has 6 rings (SSSR count). The zero-order valence-electron chi connectivity index (χ0n) is 23.5. The van der Waals surface area contributed by atoms with Crippen LogP contribution in [-0.4, -0.2) is 17.1 Å². The van der Waals surface area contributed by atoms with Gasteiger partial charge in [-0.15, -0.1) is 0 Å². The van der Waals surface area contributed by atoms with Crippen molar-refractivity contribution in [2.45, 2.75) is 26.5 Å². The lowest BCUT2D eigenvalue weighted by molar-refractivity contribution is -0.139. The molecule has 0 saturated carbocycles. The predicted molar refractivity (Wildman–Crippen MR) is 169 cm³/mol. The minimum Gasteiger partial charge on any atom is -0.489 e. The standard InChI is InChI=1S/C34H27BrN2O5S/c1-3-40-33(39)30-21(2)36-34-37(31(30)28-18-17-27(42-28)24-11-13-25(35)14-12-24)32(38)29(43-34)19-22-9-15-26(16-10-22)41-20-23-7-5-4-6-8-23/h4-19,31H,3,20H2,1-2H3/b29-19-/t31-/m1/s1. The minimum atomic E-state index is -0.824. The number of nitrogens with zero attached hydrogens (tertiary/aromatic N) is 2. The first-order chi connectivity index (χ1) is 20.9. The fraction of sp³-hybridized carbons (Fsp3) is 0.147. The summed E-state index contributed by atoms with van der Waals surface area (Å²) in [6.07, 6.45) is 1.82. The SMILES string of the molecule is CCOC(=O)C1=C(C)N=c2s/c(=C\c3ccc(OCc4ccccc4)cc3)c(=O)n2[C@@H]1c1ccc(-c2ccc(Br)cc2)o1. The summed E-state index contributed by atoms with van der Waals surface area (Å²) >= 11 is 4.72. The number of fused-ring (bicyclic) bond motifs is 1. The van der Waals surface area contributed by atoms with Crippen LogP contribution in [0.5, 0.6) is 5.75 Å². The molecule has 0 aliphatic carbocycles. The van der Waals surface area contributed by atoms with Gasteiger partial charge in [0.05, 0.1) is 22.4 Å². The van der Waals surface area contributed by atoms with Gasteiger partial charge >= 0.3 is 5.97 Å². The van der Waals surface area contributed by atoms with Gasteiger partial charge in [-0.3, -0.25) is 9.36 Å². The van der Waals surface area contributed by atoms with E-state index in [0.29, 0.717) is 33.2 Å². The topological polar surface area (TPSA) is 83.0 Å². The zero-order chi connectivity index (χ0) is 29.9. The Morgan fingerprint density at radius 1 is 1.02 bits per heavy atom. The van der Waals surface area contributed by atoms with E-state index >= 15 is 0 Å². The summed E-state index contributed by atoms with van der Waals surface area (Å²) in [5.74, 6) is 1.27. The summed E-state index contributed by atoms with van der Waals surface area (Å²) in [4.78, 5) is 32.2.